The molecule has 0 amide bonds. The van der Waals surface area contributed by atoms with Gasteiger partial charge < -0.3 is 20.3 Å². The fourth-order valence-electron chi connectivity index (χ4n) is 1.78. The Morgan fingerprint density at radius 3 is 2.29 bits per heavy atom. The summed E-state index contributed by atoms with van der Waals surface area (Å²) >= 11 is 0. The first-order valence-electron chi connectivity index (χ1n) is 7.34. The van der Waals surface area contributed by atoms with Gasteiger partial charge in [-0.3, -0.25) is 4.79 Å². The summed E-state index contributed by atoms with van der Waals surface area (Å²) in [7, 11) is 0. The van der Waals surface area contributed by atoms with Crippen molar-refractivity contribution in [3.8, 4) is 11.5 Å². The minimum Gasteiger partial charge on any atom is -0.490 e. The molecule has 5 nitrogen and oxygen atoms in total. The number of carboxylic acids is 1. The van der Waals surface area contributed by atoms with Gasteiger partial charge in [0, 0.05) is 0 Å². The fraction of sp³-hybridized carbons (Fsp3) is 0.562. The summed E-state index contributed by atoms with van der Waals surface area (Å²) in [6.07, 6.45) is 2.83. The number of hydrogen-bond donors (Lipinski definition) is 2. The van der Waals surface area contributed by atoms with E-state index in [1.165, 1.54) is 6.92 Å². The average molecular weight is 295 g/mol. The van der Waals surface area contributed by atoms with Crippen LogP contribution < -0.4 is 15.2 Å². The fourth-order valence-corrected chi connectivity index (χ4v) is 1.78. The van der Waals surface area contributed by atoms with Gasteiger partial charge in [0.05, 0.1) is 13.2 Å². The van der Waals surface area contributed by atoms with Crippen LogP contribution in [0.25, 0.3) is 0 Å². The molecule has 21 heavy (non-hydrogen) atoms. The number of carbonyl (C=O) groups is 1. The van der Waals surface area contributed by atoms with Crippen molar-refractivity contribution in [2.24, 2.45) is 5.73 Å². The van der Waals surface area contributed by atoms with Crippen molar-refractivity contribution >= 4 is 5.97 Å². The third-order valence-corrected chi connectivity index (χ3v) is 3.15. The molecule has 1 unspecified atom stereocenters. The molecule has 0 fully saturated rings. The van der Waals surface area contributed by atoms with Gasteiger partial charge in [-0.25, -0.2) is 0 Å². The average Bonchev–Trinajstić information content (AvgIpc) is 2.45. The zero-order valence-corrected chi connectivity index (χ0v) is 12.8. The van der Waals surface area contributed by atoms with Crippen molar-refractivity contribution in [3.63, 3.8) is 0 Å². The second kappa shape index (κ2) is 8.52. The molecular weight excluding hydrogens is 270 g/mol. The third kappa shape index (κ3) is 6.04. The first kappa shape index (κ1) is 17.3. The van der Waals surface area contributed by atoms with Crippen LogP contribution in [0.15, 0.2) is 24.3 Å². The lowest BCUT2D eigenvalue weighted by atomic mass is 9.97. The molecule has 1 rings (SSSR count). The van der Waals surface area contributed by atoms with E-state index in [2.05, 4.69) is 6.92 Å². The minimum absolute atomic E-state index is 0.430. The molecule has 5 heteroatoms. The van der Waals surface area contributed by atoms with Crippen LogP contribution in [0, 0.1) is 0 Å². The molecule has 118 valence electrons. The van der Waals surface area contributed by atoms with Crippen LogP contribution in [0.1, 0.15) is 39.5 Å². The van der Waals surface area contributed by atoms with Crippen LogP contribution in [0.4, 0.5) is 0 Å². The molecule has 0 aromatic heterocycles. The highest BCUT2D eigenvalue weighted by atomic mass is 16.5. The summed E-state index contributed by atoms with van der Waals surface area (Å²) in [6, 6.07) is 7.56. The number of hydrogen-bond acceptors (Lipinski definition) is 4. The molecule has 0 aliphatic rings. The summed E-state index contributed by atoms with van der Waals surface area (Å²) in [5.41, 5.74) is 4.51. The normalized spacial score (nSPS) is 13.5. The monoisotopic (exact) mass is 295 g/mol. The molecule has 0 aliphatic heterocycles. The SMILES string of the molecule is CCCOc1ccccc1OCCCCC(C)(N)C(=O)O. The smallest absolute Gasteiger partial charge is 0.323 e. The Balaban J connectivity index is 2.34. The lowest BCUT2D eigenvalue weighted by Gasteiger charge is -2.18. The maximum atomic E-state index is 10.9. The van der Waals surface area contributed by atoms with Crippen LogP contribution in [-0.4, -0.2) is 29.8 Å². The Kier molecular flexibility index (Phi) is 7.02. The van der Waals surface area contributed by atoms with Crippen molar-refractivity contribution in [2.45, 2.75) is 45.1 Å². The van der Waals surface area contributed by atoms with Crippen molar-refractivity contribution < 1.29 is 19.4 Å². The van der Waals surface area contributed by atoms with Gasteiger partial charge in [-0.2, -0.15) is 0 Å². The molecule has 0 heterocycles. The molecule has 0 aliphatic carbocycles. The highest BCUT2D eigenvalue weighted by Gasteiger charge is 2.26. The number of carboxylic acid groups (broad SMARTS) is 1. The lowest BCUT2D eigenvalue weighted by Crippen LogP contribution is -2.44. The van der Waals surface area contributed by atoms with Gasteiger partial charge in [-0.1, -0.05) is 19.1 Å². The number of para-hydroxylation sites is 2. The second-order valence-electron chi connectivity index (χ2n) is 5.32. The molecule has 0 spiro atoms. The van der Waals surface area contributed by atoms with Crippen molar-refractivity contribution in [2.75, 3.05) is 13.2 Å². The molecular formula is C16H25NO4. The molecule has 0 saturated heterocycles. The van der Waals surface area contributed by atoms with E-state index in [1.54, 1.807) is 0 Å². The summed E-state index contributed by atoms with van der Waals surface area (Å²) in [5, 5.41) is 8.92. The van der Waals surface area contributed by atoms with E-state index in [1.807, 2.05) is 24.3 Å². The standard InChI is InChI=1S/C16H25NO4/c1-3-11-20-13-8-4-5-9-14(13)21-12-7-6-10-16(2,17)15(18)19/h4-5,8-9H,3,6-7,10-12,17H2,1-2H3,(H,18,19). The van der Waals surface area contributed by atoms with E-state index in [0.717, 1.165) is 24.3 Å². The Hall–Kier alpha value is -1.75. The van der Waals surface area contributed by atoms with E-state index in [0.29, 0.717) is 26.1 Å². The van der Waals surface area contributed by atoms with E-state index in [9.17, 15) is 4.79 Å². The Labute approximate surface area is 126 Å². The van der Waals surface area contributed by atoms with Crippen LogP contribution in [-0.2, 0) is 4.79 Å². The van der Waals surface area contributed by atoms with Crippen molar-refractivity contribution in [1.82, 2.24) is 0 Å². The molecule has 1 aromatic rings. The minimum atomic E-state index is -1.16. The molecule has 0 bridgehead atoms. The van der Waals surface area contributed by atoms with Crippen molar-refractivity contribution in [1.29, 1.82) is 0 Å². The van der Waals surface area contributed by atoms with Crippen LogP contribution in [0.3, 0.4) is 0 Å². The first-order valence-corrected chi connectivity index (χ1v) is 7.34. The number of nitrogens with two attached hydrogens (primary N) is 1. The van der Waals surface area contributed by atoms with Crippen LogP contribution >= 0.6 is 0 Å². The summed E-state index contributed by atoms with van der Waals surface area (Å²) in [4.78, 5) is 10.9. The number of rotatable bonds is 10. The van der Waals surface area contributed by atoms with Gasteiger partial charge in [0.25, 0.3) is 0 Å². The van der Waals surface area contributed by atoms with Crippen LogP contribution in [0.5, 0.6) is 11.5 Å². The maximum Gasteiger partial charge on any atom is 0.323 e. The van der Waals surface area contributed by atoms with Gasteiger partial charge in [0.1, 0.15) is 5.54 Å². The topological polar surface area (TPSA) is 81.8 Å². The van der Waals surface area contributed by atoms with Gasteiger partial charge in [0.15, 0.2) is 11.5 Å². The summed E-state index contributed by atoms with van der Waals surface area (Å²) < 4.78 is 11.3. The van der Waals surface area contributed by atoms with Crippen LogP contribution in [0.2, 0.25) is 0 Å². The molecule has 0 radical (unpaired) electrons. The van der Waals surface area contributed by atoms with Crippen molar-refractivity contribution in [3.05, 3.63) is 24.3 Å². The van der Waals surface area contributed by atoms with Gasteiger partial charge >= 0.3 is 5.97 Å². The molecule has 1 atom stereocenters. The third-order valence-electron chi connectivity index (χ3n) is 3.15. The summed E-state index contributed by atoms with van der Waals surface area (Å²) in [6.45, 7) is 4.76. The molecule has 1 aromatic carbocycles. The predicted octanol–water partition coefficient (Wildman–Crippen LogP) is 2.83. The largest absolute Gasteiger partial charge is 0.490 e. The molecule has 0 saturated carbocycles. The van der Waals surface area contributed by atoms with Gasteiger partial charge in [0.2, 0.25) is 0 Å². The quantitative estimate of drug-likeness (QED) is 0.649. The van der Waals surface area contributed by atoms with E-state index in [-0.39, 0.29) is 0 Å². The Bertz CT molecular complexity index is 446. The number of aliphatic carboxylic acids is 1. The predicted molar refractivity (Wildman–Crippen MR) is 81.8 cm³/mol. The number of ether oxygens (including phenoxy) is 2. The maximum absolute atomic E-state index is 10.9. The Morgan fingerprint density at radius 1 is 1.19 bits per heavy atom. The number of unbranched alkanes of at least 4 members (excludes halogenated alkanes) is 1. The summed E-state index contributed by atoms with van der Waals surface area (Å²) in [5.74, 6) is 0.495. The zero-order chi connectivity index (χ0) is 15.7. The molecule has 3 N–H and O–H groups in total. The zero-order valence-electron chi connectivity index (χ0n) is 12.8. The van der Waals surface area contributed by atoms with E-state index < -0.39 is 11.5 Å². The van der Waals surface area contributed by atoms with Gasteiger partial charge in [-0.05, 0) is 44.7 Å². The lowest BCUT2D eigenvalue weighted by molar-refractivity contribution is -0.142. The number of benzene rings is 1. The first-order chi connectivity index (χ1) is 9.97. The van der Waals surface area contributed by atoms with E-state index >= 15 is 0 Å². The van der Waals surface area contributed by atoms with E-state index in [4.69, 9.17) is 20.3 Å². The second-order valence-corrected chi connectivity index (χ2v) is 5.32. The highest BCUT2D eigenvalue weighted by Crippen LogP contribution is 2.26. The highest BCUT2D eigenvalue weighted by molar-refractivity contribution is 5.77. The van der Waals surface area contributed by atoms with Gasteiger partial charge in [-0.15, -0.1) is 0 Å². The Morgan fingerprint density at radius 2 is 1.76 bits per heavy atom.